The maximum Gasteiger partial charge on any atom is 0.279 e. The monoisotopic (exact) mass is 348 g/mol. The van der Waals surface area contributed by atoms with Crippen molar-refractivity contribution in [3.63, 3.8) is 0 Å². The van der Waals surface area contributed by atoms with Crippen LogP contribution in [0.3, 0.4) is 0 Å². The third kappa shape index (κ3) is 3.42. The van der Waals surface area contributed by atoms with E-state index in [4.69, 9.17) is 6.42 Å². The highest BCUT2D eigenvalue weighted by Gasteiger charge is 2.11. The van der Waals surface area contributed by atoms with E-state index in [1.807, 2.05) is 36.6 Å². The molecule has 0 bridgehead atoms. The number of fused-ring (bicyclic) bond motifs is 1. The number of nitrogens with zero attached hydrogens (tertiary/aromatic N) is 2. The van der Waals surface area contributed by atoms with Crippen LogP contribution < -0.4 is 4.80 Å². The lowest BCUT2D eigenvalue weighted by molar-refractivity contribution is 0.0997. The number of rotatable bonds is 3. The first-order valence-corrected chi connectivity index (χ1v) is 9.07. The van der Waals surface area contributed by atoms with E-state index in [-0.39, 0.29) is 5.91 Å². The first-order valence-electron chi connectivity index (χ1n) is 8.25. The summed E-state index contributed by atoms with van der Waals surface area (Å²) in [5.41, 5.74) is 4.97. The van der Waals surface area contributed by atoms with Gasteiger partial charge >= 0.3 is 0 Å². The Morgan fingerprint density at radius 3 is 2.72 bits per heavy atom. The lowest BCUT2D eigenvalue weighted by Crippen LogP contribution is -2.16. The first kappa shape index (κ1) is 17.2. The Morgan fingerprint density at radius 1 is 1.24 bits per heavy atom. The smallest absolute Gasteiger partial charge is 0.279 e. The molecule has 3 nitrogen and oxygen atoms in total. The molecule has 0 aliphatic heterocycles. The lowest BCUT2D eigenvalue weighted by Gasteiger charge is -2.03. The topological polar surface area (TPSA) is 34.4 Å². The third-order valence-corrected chi connectivity index (χ3v) is 5.26. The molecular weight excluding hydrogens is 328 g/mol. The number of terminal acetylenes is 1. The SMILES string of the molecule is C#CCn1c(=NC(=O)c2ccc(C)cc2C)sc2cc(CC)ccc21. The van der Waals surface area contributed by atoms with Crippen LogP contribution in [0.2, 0.25) is 0 Å². The van der Waals surface area contributed by atoms with Crippen molar-refractivity contribution in [1.82, 2.24) is 4.57 Å². The average Bonchev–Trinajstić information content (AvgIpc) is 2.91. The molecule has 1 heterocycles. The van der Waals surface area contributed by atoms with Crippen LogP contribution in [0.15, 0.2) is 41.4 Å². The second kappa shape index (κ2) is 7.08. The number of thiazole rings is 1. The van der Waals surface area contributed by atoms with Crippen molar-refractivity contribution in [2.45, 2.75) is 33.7 Å². The standard InChI is InChI=1S/C21H20N2OS/c1-5-11-23-18-10-8-16(6-2)13-19(18)25-21(23)22-20(24)17-9-7-14(3)12-15(17)4/h1,7-10,12-13H,6,11H2,2-4H3. The minimum absolute atomic E-state index is 0.231. The molecule has 0 saturated carbocycles. The molecule has 3 aromatic rings. The van der Waals surface area contributed by atoms with Crippen LogP contribution in [0.1, 0.15) is 34.0 Å². The van der Waals surface area contributed by atoms with Crippen LogP contribution >= 0.6 is 11.3 Å². The summed E-state index contributed by atoms with van der Waals surface area (Å²) in [6, 6.07) is 12.1. The lowest BCUT2D eigenvalue weighted by atomic mass is 10.1. The van der Waals surface area contributed by atoms with Gasteiger partial charge in [-0.1, -0.05) is 47.9 Å². The van der Waals surface area contributed by atoms with Crippen LogP contribution in [0.5, 0.6) is 0 Å². The van der Waals surface area contributed by atoms with E-state index in [0.717, 1.165) is 27.8 Å². The Hall–Kier alpha value is -2.64. The second-order valence-corrected chi connectivity index (χ2v) is 7.07. The van der Waals surface area contributed by atoms with Gasteiger partial charge in [0.1, 0.15) is 0 Å². The number of hydrogen-bond donors (Lipinski definition) is 0. The zero-order chi connectivity index (χ0) is 18.0. The van der Waals surface area contributed by atoms with Crippen molar-refractivity contribution in [2.75, 3.05) is 0 Å². The van der Waals surface area contributed by atoms with Crippen molar-refractivity contribution in [1.29, 1.82) is 0 Å². The van der Waals surface area contributed by atoms with Gasteiger partial charge < -0.3 is 4.57 Å². The molecule has 0 N–H and O–H groups in total. The normalized spacial score (nSPS) is 11.7. The third-order valence-electron chi connectivity index (χ3n) is 4.21. The van der Waals surface area contributed by atoms with Gasteiger partial charge in [-0.15, -0.1) is 6.42 Å². The summed E-state index contributed by atoms with van der Waals surface area (Å²) in [6.45, 7) is 6.46. The molecule has 0 saturated heterocycles. The fourth-order valence-electron chi connectivity index (χ4n) is 2.87. The molecule has 4 heteroatoms. The zero-order valence-electron chi connectivity index (χ0n) is 14.7. The van der Waals surface area contributed by atoms with Gasteiger partial charge in [-0.05, 0) is 49.6 Å². The fourth-order valence-corrected chi connectivity index (χ4v) is 3.96. The maximum atomic E-state index is 12.7. The van der Waals surface area contributed by atoms with Gasteiger partial charge in [0.05, 0.1) is 16.8 Å². The predicted octanol–water partition coefficient (Wildman–Crippen LogP) is 4.26. The van der Waals surface area contributed by atoms with E-state index >= 15 is 0 Å². The van der Waals surface area contributed by atoms with Crippen LogP contribution in [-0.2, 0) is 13.0 Å². The minimum atomic E-state index is -0.231. The summed E-state index contributed by atoms with van der Waals surface area (Å²) in [7, 11) is 0. The summed E-state index contributed by atoms with van der Waals surface area (Å²) in [4.78, 5) is 17.7. The van der Waals surface area contributed by atoms with Gasteiger partial charge in [0.25, 0.3) is 5.91 Å². The Balaban J connectivity index is 2.16. The average molecular weight is 348 g/mol. The van der Waals surface area contributed by atoms with Crippen molar-refractivity contribution < 1.29 is 4.79 Å². The van der Waals surface area contributed by atoms with Crippen LogP contribution in [-0.4, -0.2) is 10.5 Å². The summed E-state index contributed by atoms with van der Waals surface area (Å²) < 4.78 is 3.03. The van der Waals surface area contributed by atoms with Gasteiger partial charge in [0.15, 0.2) is 4.80 Å². The van der Waals surface area contributed by atoms with E-state index < -0.39 is 0 Å². The van der Waals surface area contributed by atoms with Gasteiger partial charge in [0, 0.05) is 5.56 Å². The highest BCUT2D eigenvalue weighted by molar-refractivity contribution is 7.16. The van der Waals surface area contributed by atoms with Crippen LogP contribution in [0.4, 0.5) is 0 Å². The van der Waals surface area contributed by atoms with Crippen molar-refractivity contribution in [3.8, 4) is 12.3 Å². The first-order chi connectivity index (χ1) is 12.0. The van der Waals surface area contributed by atoms with Crippen molar-refractivity contribution >= 4 is 27.5 Å². The Kier molecular flexibility index (Phi) is 4.87. The Labute approximate surface area is 151 Å². The molecule has 1 aromatic heterocycles. The molecule has 0 aliphatic carbocycles. The van der Waals surface area contributed by atoms with Crippen LogP contribution in [0, 0.1) is 26.2 Å². The number of aryl methyl sites for hydroxylation is 3. The number of aromatic nitrogens is 1. The van der Waals surface area contributed by atoms with E-state index in [9.17, 15) is 4.79 Å². The maximum absolute atomic E-state index is 12.7. The molecule has 0 radical (unpaired) electrons. The highest BCUT2D eigenvalue weighted by atomic mass is 32.1. The molecule has 0 spiro atoms. The largest absolute Gasteiger partial charge is 0.305 e. The molecule has 0 aliphatic rings. The zero-order valence-corrected chi connectivity index (χ0v) is 15.5. The summed E-state index contributed by atoms with van der Waals surface area (Å²) in [5.74, 6) is 2.43. The number of amides is 1. The predicted molar refractivity (Wildman–Crippen MR) is 104 cm³/mol. The number of benzene rings is 2. The highest BCUT2D eigenvalue weighted by Crippen LogP contribution is 2.20. The molecular formula is C21H20N2OS. The van der Waals surface area contributed by atoms with Crippen molar-refractivity contribution in [3.05, 3.63) is 63.5 Å². The van der Waals surface area contributed by atoms with E-state index in [1.54, 1.807) is 0 Å². The molecule has 0 atom stereocenters. The summed E-state index contributed by atoms with van der Waals surface area (Å²) in [6.07, 6.45) is 6.49. The number of carbonyl (C=O) groups is 1. The van der Waals surface area contributed by atoms with Crippen LogP contribution in [0.25, 0.3) is 10.2 Å². The van der Waals surface area contributed by atoms with Gasteiger partial charge in [-0.2, -0.15) is 4.99 Å². The van der Waals surface area contributed by atoms with Crippen molar-refractivity contribution in [2.24, 2.45) is 4.99 Å². The molecule has 25 heavy (non-hydrogen) atoms. The number of hydrogen-bond acceptors (Lipinski definition) is 2. The minimum Gasteiger partial charge on any atom is -0.305 e. The number of carbonyl (C=O) groups excluding carboxylic acids is 1. The molecule has 1 amide bonds. The summed E-state index contributed by atoms with van der Waals surface area (Å²) >= 11 is 1.51. The molecule has 0 fully saturated rings. The molecule has 2 aromatic carbocycles. The Morgan fingerprint density at radius 2 is 2.04 bits per heavy atom. The molecule has 3 rings (SSSR count). The quantitative estimate of drug-likeness (QED) is 0.651. The van der Waals surface area contributed by atoms with Gasteiger partial charge in [-0.3, -0.25) is 4.79 Å². The second-order valence-electron chi connectivity index (χ2n) is 6.07. The van der Waals surface area contributed by atoms with E-state index in [1.165, 1.54) is 16.9 Å². The Bertz CT molecular complexity index is 1060. The summed E-state index contributed by atoms with van der Waals surface area (Å²) in [5, 5.41) is 0. The van der Waals surface area contributed by atoms with E-state index in [2.05, 4.69) is 36.0 Å². The molecule has 126 valence electrons. The fraction of sp³-hybridized carbons (Fsp3) is 0.238. The van der Waals surface area contributed by atoms with Gasteiger partial charge in [0.2, 0.25) is 0 Å². The van der Waals surface area contributed by atoms with Gasteiger partial charge in [-0.25, -0.2) is 0 Å². The van der Waals surface area contributed by atoms with E-state index in [0.29, 0.717) is 16.9 Å². The molecule has 0 unspecified atom stereocenters.